The Morgan fingerprint density at radius 2 is 2.00 bits per heavy atom. The first-order chi connectivity index (χ1) is 11.1. The molecule has 1 aromatic carbocycles. The summed E-state index contributed by atoms with van der Waals surface area (Å²) in [7, 11) is 1.54. The number of aromatic carboxylic acids is 1. The van der Waals surface area contributed by atoms with Crippen LogP contribution in [0.2, 0.25) is 0 Å². The van der Waals surface area contributed by atoms with Gasteiger partial charge in [0.05, 0.1) is 24.7 Å². The van der Waals surface area contributed by atoms with Gasteiger partial charge in [0.2, 0.25) is 5.88 Å². The minimum absolute atomic E-state index is 0.0147. The maximum absolute atomic E-state index is 11.3. The molecule has 2 heterocycles. The molecular weight excluding hydrogens is 294 g/mol. The number of carbonyl (C=O) groups is 1. The van der Waals surface area contributed by atoms with E-state index in [9.17, 15) is 9.90 Å². The molecule has 3 rings (SSSR count). The van der Waals surface area contributed by atoms with Crippen molar-refractivity contribution in [1.82, 2.24) is 14.8 Å². The highest BCUT2D eigenvalue weighted by Crippen LogP contribution is 2.27. The molecule has 1 N–H and O–H groups in total. The lowest BCUT2D eigenvalue weighted by Gasteiger charge is -2.09. The number of hydrogen-bond acceptors (Lipinski definition) is 4. The monoisotopic (exact) mass is 309 g/mol. The van der Waals surface area contributed by atoms with Crippen molar-refractivity contribution in [1.29, 1.82) is 0 Å². The van der Waals surface area contributed by atoms with Gasteiger partial charge in [-0.15, -0.1) is 0 Å². The van der Waals surface area contributed by atoms with Gasteiger partial charge in [0, 0.05) is 11.6 Å². The normalized spacial score (nSPS) is 10.5. The second kappa shape index (κ2) is 5.92. The summed E-state index contributed by atoms with van der Waals surface area (Å²) < 4.78 is 6.63. The maximum atomic E-state index is 11.3. The van der Waals surface area contributed by atoms with E-state index in [4.69, 9.17) is 4.74 Å². The zero-order chi connectivity index (χ0) is 16.4. The first-order valence-electron chi connectivity index (χ1n) is 7.00. The molecule has 0 radical (unpaired) electrons. The van der Waals surface area contributed by atoms with Crippen molar-refractivity contribution in [2.75, 3.05) is 7.11 Å². The molecule has 0 saturated heterocycles. The van der Waals surface area contributed by atoms with Crippen LogP contribution in [0.5, 0.6) is 5.88 Å². The van der Waals surface area contributed by atoms with E-state index in [0.29, 0.717) is 17.3 Å². The molecule has 0 spiro atoms. The predicted octanol–water partition coefficient (Wildman–Crippen LogP) is 2.95. The molecule has 6 heteroatoms. The SMILES string of the molecule is COc1ccc(-n2nc(C(=O)O)cc2-c2ccccc2C)cn1. The van der Waals surface area contributed by atoms with Gasteiger partial charge in [-0.25, -0.2) is 14.5 Å². The van der Waals surface area contributed by atoms with Crippen LogP contribution < -0.4 is 4.74 Å². The number of pyridine rings is 1. The molecule has 0 atom stereocenters. The van der Waals surface area contributed by atoms with Crippen LogP contribution in [0.25, 0.3) is 16.9 Å². The fourth-order valence-corrected chi connectivity index (χ4v) is 2.35. The largest absolute Gasteiger partial charge is 0.481 e. The summed E-state index contributed by atoms with van der Waals surface area (Å²) in [6.45, 7) is 1.97. The highest BCUT2D eigenvalue weighted by atomic mass is 16.5. The number of hydrogen-bond donors (Lipinski definition) is 1. The first kappa shape index (κ1) is 14.8. The van der Waals surface area contributed by atoms with E-state index < -0.39 is 5.97 Å². The van der Waals surface area contributed by atoms with Gasteiger partial charge in [-0.3, -0.25) is 0 Å². The van der Waals surface area contributed by atoms with E-state index in [1.165, 1.54) is 7.11 Å². The quantitative estimate of drug-likeness (QED) is 0.801. The van der Waals surface area contributed by atoms with Gasteiger partial charge < -0.3 is 9.84 Å². The van der Waals surface area contributed by atoms with Crippen molar-refractivity contribution < 1.29 is 14.6 Å². The molecule has 0 aliphatic carbocycles. The summed E-state index contributed by atoms with van der Waals surface area (Å²) >= 11 is 0. The molecule has 0 amide bonds. The topological polar surface area (TPSA) is 77.2 Å². The van der Waals surface area contributed by atoms with E-state index in [1.807, 2.05) is 31.2 Å². The lowest BCUT2D eigenvalue weighted by Crippen LogP contribution is -2.03. The molecule has 3 aromatic rings. The number of carboxylic acids is 1. The summed E-state index contributed by atoms with van der Waals surface area (Å²) in [5.41, 5.74) is 3.30. The molecule has 0 unspecified atom stereocenters. The van der Waals surface area contributed by atoms with Crippen molar-refractivity contribution in [2.45, 2.75) is 6.92 Å². The average Bonchev–Trinajstić information content (AvgIpc) is 3.01. The number of aryl methyl sites for hydroxylation is 1. The molecular formula is C17H15N3O3. The number of rotatable bonds is 4. The Kier molecular flexibility index (Phi) is 3.80. The molecule has 23 heavy (non-hydrogen) atoms. The zero-order valence-corrected chi connectivity index (χ0v) is 12.7. The summed E-state index contributed by atoms with van der Waals surface area (Å²) in [5, 5.41) is 13.4. The molecule has 0 aliphatic heterocycles. The fraction of sp³-hybridized carbons (Fsp3) is 0.118. The third-order valence-electron chi connectivity index (χ3n) is 3.52. The predicted molar refractivity (Wildman–Crippen MR) is 85.0 cm³/mol. The third-order valence-corrected chi connectivity index (χ3v) is 3.52. The zero-order valence-electron chi connectivity index (χ0n) is 12.7. The molecule has 0 aliphatic rings. The number of aromatic nitrogens is 3. The van der Waals surface area contributed by atoms with Gasteiger partial charge in [-0.1, -0.05) is 24.3 Å². The summed E-state index contributed by atoms with van der Waals surface area (Å²) in [6, 6.07) is 12.8. The van der Waals surface area contributed by atoms with Crippen LogP contribution in [0, 0.1) is 6.92 Å². The lowest BCUT2D eigenvalue weighted by molar-refractivity contribution is 0.0690. The van der Waals surface area contributed by atoms with Crippen LogP contribution in [-0.2, 0) is 0 Å². The Hall–Kier alpha value is -3.15. The molecule has 2 aromatic heterocycles. The number of benzene rings is 1. The van der Waals surface area contributed by atoms with Gasteiger partial charge in [0.1, 0.15) is 0 Å². The van der Waals surface area contributed by atoms with Crippen molar-refractivity contribution in [3.8, 4) is 22.8 Å². The Balaban J connectivity index is 2.18. The van der Waals surface area contributed by atoms with Gasteiger partial charge >= 0.3 is 5.97 Å². The van der Waals surface area contributed by atoms with Gasteiger partial charge in [-0.05, 0) is 24.6 Å². The Labute approximate surface area is 133 Å². The standard InChI is InChI=1S/C17H15N3O3/c1-11-5-3-4-6-13(11)15-9-14(17(21)22)19-20(15)12-7-8-16(23-2)18-10-12/h3-10H,1-2H3,(H,21,22). The van der Waals surface area contributed by atoms with E-state index in [2.05, 4.69) is 10.1 Å². The minimum atomic E-state index is -1.07. The lowest BCUT2D eigenvalue weighted by atomic mass is 10.1. The van der Waals surface area contributed by atoms with Crippen LogP contribution in [0.3, 0.4) is 0 Å². The van der Waals surface area contributed by atoms with E-state index in [-0.39, 0.29) is 5.69 Å². The molecule has 0 bridgehead atoms. The van der Waals surface area contributed by atoms with Crippen LogP contribution >= 0.6 is 0 Å². The third kappa shape index (κ3) is 2.78. The Bertz CT molecular complexity index is 854. The van der Waals surface area contributed by atoms with E-state index >= 15 is 0 Å². The van der Waals surface area contributed by atoms with Crippen molar-refractivity contribution in [3.63, 3.8) is 0 Å². The molecule has 0 fully saturated rings. The highest BCUT2D eigenvalue weighted by molar-refractivity contribution is 5.87. The fourth-order valence-electron chi connectivity index (χ4n) is 2.35. The van der Waals surface area contributed by atoms with Crippen molar-refractivity contribution in [2.24, 2.45) is 0 Å². The molecule has 116 valence electrons. The highest BCUT2D eigenvalue weighted by Gasteiger charge is 2.17. The van der Waals surface area contributed by atoms with Crippen LogP contribution in [0.15, 0.2) is 48.7 Å². The molecule has 6 nitrogen and oxygen atoms in total. The maximum Gasteiger partial charge on any atom is 0.356 e. The number of ether oxygens (including phenoxy) is 1. The van der Waals surface area contributed by atoms with Gasteiger partial charge in [0.15, 0.2) is 5.69 Å². The van der Waals surface area contributed by atoms with E-state index in [0.717, 1.165) is 11.1 Å². The number of nitrogens with zero attached hydrogens (tertiary/aromatic N) is 3. The summed E-state index contributed by atoms with van der Waals surface area (Å²) in [6.07, 6.45) is 1.60. The number of methoxy groups -OCH3 is 1. The van der Waals surface area contributed by atoms with Crippen LogP contribution in [-0.4, -0.2) is 33.0 Å². The summed E-state index contributed by atoms with van der Waals surface area (Å²) in [4.78, 5) is 15.5. The Morgan fingerprint density at radius 1 is 1.22 bits per heavy atom. The smallest absolute Gasteiger partial charge is 0.356 e. The number of carboxylic acid groups (broad SMARTS) is 1. The Morgan fingerprint density at radius 3 is 2.61 bits per heavy atom. The first-order valence-corrected chi connectivity index (χ1v) is 7.00. The summed E-state index contributed by atoms with van der Waals surface area (Å²) in [5.74, 6) is -0.586. The van der Waals surface area contributed by atoms with Gasteiger partial charge in [0.25, 0.3) is 0 Å². The molecule has 0 saturated carbocycles. The average molecular weight is 309 g/mol. The van der Waals surface area contributed by atoms with Gasteiger partial charge in [-0.2, -0.15) is 5.10 Å². The van der Waals surface area contributed by atoms with Crippen LogP contribution in [0.4, 0.5) is 0 Å². The van der Waals surface area contributed by atoms with Crippen molar-refractivity contribution >= 4 is 5.97 Å². The second-order valence-corrected chi connectivity index (χ2v) is 5.01. The van der Waals surface area contributed by atoms with E-state index in [1.54, 1.807) is 29.1 Å². The second-order valence-electron chi connectivity index (χ2n) is 5.01. The minimum Gasteiger partial charge on any atom is -0.481 e. The van der Waals surface area contributed by atoms with Crippen molar-refractivity contribution in [3.05, 3.63) is 59.9 Å². The van der Waals surface area contributed by atoms with Crippen LogP contribution in [0.1, 0.15) is 16.1 Å².